The molecule has 2 aromatic carbocycles. The molecule has 0 saturated carbocycles. The lowest BCUT2D eigenvalue weighted by atomic mass is 9.97. The highest BCUT2D eigenvalue weighted by molar-refractivity contribution is 7.99. The fourth-order valence-corrected chi connectivity index (χ4v) is 4.74. The third-order valence-electron chi connectivity index (χ3n) is 5.18. The summed E-state index contributed by atoms with van der Waals surface area (Å²) in [5.41, 5.74) is 10.9. The number of ether oxygens (including phenoxy) is 4. The van der Waals surface area contributed by atoms with Crippen molar-refractivity contribution in [2.45, 2.75) is 49.6 Å². The Morgan fingerprint density at radius 1 is 1.10 bits per heavy atom. The molecule has 0 N–H and O–H groups in total. The second kappa shape index (κ2) is 10.3. The third kappa shape index (κ3) is 4.81. The van der Waals surface area contributed by atoms with E-state index in [0.717, 1.165) is 16.9 Å². The molecular weight excluding hydrogens is 402 g/mol. The minimum Gasteiger partial charge on any atom is -0.370 e. The number of hydrogen-bond acceptors (Lipinski definition) is 6. The van der Waals surface area contributed by atoms with Crippen molar-refractivity contribution in [3.8, 4) is 0 Å². The minimum atomic E-state index is -0.513. The fraction of sp³-hybridized carbons (Fsp3) is 0.455. The van der Waals surface area contributed by atoms with Crippen LogP contribution in [0.2, 0.25) is 0 Å². The number of benzene rings is 2. The molecule has 0 spiro atoms. The lowest BCUT2D eigenvalue weighted by molar-refractivity contribution is -0.311. The van der Waals surface area contributed by atoms with Crippen LogP contribution < -0.4 is 0 Å². The molecule has 0 aliphatic carbocycles. The Kier molecular flexibility index (Phi) is 7.28. The van der Waals surface area contributed by atoms with Crippen LogP contribution in [-0.2, 0) is 25.6 Å². The largest absolute Gasteiger partial charge is 0.370 e. The summed E-state index contributed by atoms with van der Waals surface area (Å²) >= 11 is 1.60. The van der Waals surface area contributed by atoms with Crippen LogP contribution in [0.1, 0.15) is 24.3 Å². The number of hydrogen-bond donors (Lipinski definition) is 0. The van der Waals surface area contributed by atoms with Crippen LogP contribution in [0.5, 0.6) is 0 Å². The summed E-state index contributed by atoms with van der Waals surface area (Å²) in [6.07, 6.45) is -1.66. The first-order chi connectivity index (χ1) is 14.8. The van der Waals surface area contributed by atoms with Crippen molar-refractivity contribution in [2.24, 2.45) is 5.11 Å². The molecule has 158 valence electrons. The topological polar surface area (TPSA) is 85.7 Å². The van der Waals surface area contributed by atoms with Gasteiger partial charge in [-0.2, -0.15) is 0 Å². The maximum absolute atomic E-state index is 9.21. The fourth-order valence-electron chi connectivity index (χ4n) is 3.78. The second-order valence-corrected chi connectivity index (χ2v) is 8.51. The summed E-state index contributed by atoms with van der Waals surface area (Å²) in [7, 11) is 0. The highest BCUT2D eigenvalue weighted by atomic mass is 32.2. The van der Waals surface area contributed by atoms with Gasteiger partial charge in [0, 0.05) is 10.5 Å². The van der Waals surface area contributed by atoms with Crippen LogP contribution >= 0.6 is 11.8 Å². The highest BCUT2D eigenvalue weighted by Crippen LogP contribution is 2.39. The Morgan fingerprint density at radius 2 is 1.83 bits per heavy atom. The van der Waals surface area contributed by atoms with Gasteiger partial charge in [0.2, 0.25) is 0 Å². The first kappa shape index (κ1) is 21.2. The number of fused-ring (bicyclic) bond motifs is 1. The summed E-state index contributed by atoms with van der Waals surface area (Å²) in [5.74, 6) is 0.833. The van der Waals surface area contributed by atoms with Crippen LogP contribution in [0.3, 0.4) is 0 Å². The SMILES string of the molecule is CCS[C@H]1O[C@@H]2COC(c3ccccc3)O[C@H]2[C@H](OCc2ccccc2)[C@@H]1N=[N+]=[N-]. The van der Waals surface area contributed by atoms with E-state index in [1.807, 2.05) is 67.6 Å². The van der Waals surface area contributed by atoms with E-state index < -0.39 is 24.5 Å². The molecule has 4 rings (SSSR count). The Balaban J connectivity index is 1.59. The Hall–Kier alpha value is -2.06. The van der Waals surface area contributed by atoms with E-state index in [1.165, 1.54) is 0 Å². The quantitative estimate of drug-likeness (QED) is 0.358. The maximum Gasteiger partial charge on any atom is 0.184 e. The molecule has 2 saturated heterocycles. The summed E-state index contributed by atoms with van der Waals surface area (Å²) < 4.78 is 24.8. The van der Waals surface area contributed by atoms with Crippen molar-refractivity contribution in [1.82, 2.24) is 0 Å². The van der Waals surface area contributed by atoms with Gasteiger partial charge in [0.25, 0.3) is 0 Å². The average Bonchev–Trinajstić information content (AvgIpc) is 2.80. The molecule has 6 atom stereocenters. The standard InChI is InChI=1S/C22H25N3O4S/c1-2-30-22-18(24-25-23)20(26-13-15-9-5-3-6-10-15)19-17(28-22)14-27-21(29-19)16-11-7-4-8-12-16/h3-12,17-22H,2,13-14H2,1H3/t17-,18+,19-,20-,21?,22-/m1/s1. The predicted molar refractivity (Wildman–Crippen MR) is 115 cm³/mol. The summed E-state index contributed by atoms with van der Waals surface area (Å²) in [6.45, 7) is 2.83. The molecule has 2 aromatic rings. The molecule has 7 nitrogen and oxygen atoms in total. The van der Waals surface area contributed by atoms with Gasteiger partial charge in [0.05, 0.1) is 19.3 Å². The van der Waals surface area contributed by atoms with Crippen LogP contribution in [0.4, 0.5) is 0 Å². The van der Waals surface area contributed by atoms with Crippen LogP contribution in [0.25, 0.3) is 10.4 Å². The van der Waals surface area contributed by atoms with Crippen molar-refractivity contribution in [2.75, 3.05) is 12.4 Å². The molecule has 2 heterocycles. The molecule has 0 bridgehead atoms. The lowest BCUT2D eigenvalue weighted by Gasteiger charge is -2.48. The van der Waals surface area contributed by atoms with Gasteiger partial charge in [-0.1, -0.05) is 72.7 Å². The number of rotatable bonds is 7. The van der Waals surface area contributed by atoms with Crippen molar-refractivity contribution in [1.29, 1.82) is 0 Å². The molecular formula is C22H25N3O4S. The van der Waals surface area contributed by atoms with E-state index in [0.29, 0.717) is 13.2 Å². The van der Waals surface area contributed by atoms with E-state index in [9.17, 15) is 5.53 Å². The smallest absolute Gasteiger partial charge is 0.184 e. The van der Waals surface area contributed by atoms with Crippen molar-refractivity contribution in [3.63, 3.8) is 0 Å². The van der Waals surface area contributed by atoms with E-state index in [2.05, 4.69) is 10.0 Å². The van der Waals surface area contributed by atoms with Gasteiger partial charge in [-0.3, -0.25) is 0 Å². The molecule has 2 aliphatic heterocycles. The minimum absolute atomic E-state index is 0.292. The van der Waals surface area contributed by atoms with E-state index in [4.69, 9.17) is 18.9 Å². The first-order valence-corrected chi connectivity index (χ1v) is 11.1. The first-order valence-electron chi connectivity index (χ1n) is 10.1. The number of azide groups is 1. The van der Waals surface area contributed by atoms with Gasteiger partial charge < -0.3 is 18.9 Å². The molecule has 2 fully saturated rings. The molecule has 0 aromatic heterocycles. The number of thioether (sulfide) groups is 1. The zero-order valence-corrected chi connectivity index (χ0v) is 17.6. The zero-order valence-electron chi connectivity index (χ0n) is 16.7. The zero-order chi connectivity index (χ0) is 20.8. The van der Waals surface area contributed by atoms with Crippen molar-refractivity contribution < 1.29 is 18.9 Å². The monoisotopic (exact) mass is 427 g/mol. The summed E-state index contributed by atoms with van der Waals surface area (Å²) in [6, 6.07) is 19.2. The van der Waals surface area contributed by atoms with Crippen LogP contribution in [0.15, 0.2) is 65.8 Å². The molecule has 30 heavy (non-hydrogen) atoms. The molecule has 8 heteroatoms. The lowest BCUT2D eigenvalue weighted by Crippen LogP contribution is -2.61. The third-order valence-corrected chi connectivity index (χ3v) is 6.23. The predicted octanol–water partition coefficient (Wildman–Crippen LogP) is 4.84. The van der Waals surface area contributed by atoms with E-state index in [1.54, 1.807) is 11.8 Å². The van der Waals surface area contributed by atoms with Gasteiger partial charge in [0.15, 0.2) is 6.29 Å². The Labute approximate surface area is 180 Å². The molecule has 0 radical (unpaired) electrons. The van der Waals surface area contributed by atoms with Crippen LogP contribution in [-0.4, -0.2) is 42.1 Å². The van der Waals surface area contributed by atoms with E-state index in [-0.39, 0.29) is 11.5 Å². The van der Waals surface area contributed by atoms with Gasteiger partial charge in [-0.05, 0) is 16.8 Å². The van der Waals surface area contributed by atoms with Gasteiger partial charge >= 0.3 is 0 Å². The molecule has 1 unspecified atom stereocenters. The molecule has 0 amide bonds. The average molecular weight is 428 g/mol. The number of nitrogens with zero attached hydrogens (tertiary/aromatic N) is 3. The van der Waals surface area contributed by atoms with E-state index >= 15 is 0 Å². The molecule has 2 aliphatic rings. The van der Waals surface area contributed by atoms with Gasteiger partial charge in [-0.25, -0.2) is 0 Å². The second-order valence-electron chi connectivity index (χ2n) is 7.13. The van der Waals surface area contributed by atoms with Crippen molar-refractivity contribution in [3.05, 3.63) is 82.2 Å². The van der Waals surface area contributed by atoms with Crippen molar-refractivity contribution >= 4 is 11.8 Å². The maximum atomic E-state index is 9.21. The Bertz CT molecular complexity index is 850. The summed E-state index contributed by atoms with van der Waals surface area (Å²) in [5, 5.41) is 4.06. The highest BCUT2D eigenvalue weighted by Gasteiger charge is 2.50. The summed E-state index contributed by atoms with van der Waals surface area (Å²) in [4.78, 5) is 3.08. The van der Waals surface area contributed by atoms with Gasteiger partial charge in [0.1, 0.15) is 23.7 Å². The Morgan fingerprint density at radius 3 is 2.53 bits per heavy atom. The normalized spacial score (nSPS) is 30.8. The van der Waals surface area contributed by atoms with Crippen LogP contribution in [0, 0.1) is 0 Å². The van der Waals surface area contributed by atoms with Gasteiger partial charge in [-0.15, -0.1) is 11.8 Å².